The monoisotopic (exact) mass is 437 g/mol. The van der Waals surface area contributed by atoms with Gasteiger partial charge in [-0.05, 0) is 43.5 Å². The zero-order chi connectivity index (χ0) is 21.8. The zero-order valence-corrected chi connectivity index (χ0v) is 18.0. The fourth-order valence-corrected chi connectivity index (χ4v) is 4.72. The zero-order valence-electron chi connectivity index (χ0n) is 17.2. The quantitative estimate of drug-likeness (QED) is 0.309. The van der Waals surface area contributed by atoms with Crippen molar-refractivity contribution in [3.05, 3.63) is 69.8 Å². The van der Waals surface area contributed by atoms with E-state index in [1.54, 1.807) is 12.1 Å². The van der Waals surface area contributed by atoms with Crippen molar-refractivity contribution < 1.29 is 9.72 Å². The predicted molar refractivity (Wildman–Crippen MR) is 119 cm³/mol. The summed E-state index contributed by atoms with van der Waals surface area (Å²) in [6, 6.07) is 14.0. The first-order chi connectivity index (χ1) is 15.1. The second kappa shape index (κ2) is 9.30. The van der Waals surface area contributed by atoms with Gasteiger partial charge in [0.15, 0.2) is 11.0 Å². The van der Waals surface area contributed by atoms with Crippen LogP contribution in [0.15, 0.2) is 53.7 Å². The summed E-state index contributed by atoms with van der Waals surface area (Å²) in [7, 11) is 0. The summed E-state index contributed by atoms with van der Waals surface area (Å²) < 4.78 is 1.98. The van der Waals surface area contributed by atoms with Crippen LogP contribution < -0.4 is 0 Å². The number of hydrogen-bond donors (Lipinski definition) is 0. The number of nitrogens with zero attached hydrogens (tertiary/aromatic N) is 5. The average Bonchev–Trinajstić information content (AvgIpc) is 3.47. The van der Waals surface area contributed by atoms with Gasteiger partial charge in [0.2, 0.25) is 0 Å². The molecule has 0 unspecified atom stereocenters. The van der Waals surface area contributed by atoms with E-state index in [0.29, 0.717) is 18.1 Å². The molecule has 0 spiro atoms. The second-order valence-corrected chi connectivity index (χ2v) is 8.24. The number of nitro groups is 1. The molecule has 0 bridgehead atoms. The number of amides is 1. The fraction of sp³-hybridized carbons (Fsp3) is 0.318. The summed E-state index contributed by atoms with van der Waals surface area (Å²) in [6.07, 6.45) is 2.13. The van der Waals surface area contributed by atoms with Gasteiger partial charge >= 0.3 is 0 Å². The van der Waals surface area contributed by atoms with Crippen molar-refractivity contribution in [2.24, 2.45) is 0 Å². The molecule has 160 valence electrons. The molecule has 0 radical (unpaired) electrons. The van der Waals surface area contributed by atoms with Gasteiger partial charge in [0.05, 0.1) is 4.92 Å². The van der Waals surface area contributed by atoms with E-state index in [9.17, 15) is 14.9 Å². The summed E-state index contributed by atoms with van der Waals surface area (Å²) in [5.41, 5.74) is 2.54. The summed E-state index contributed by atoms with van der Waals surface area (Å²) in [5, 5.41) is 20.3. The van der Waals surface area contributed by atoms with Crippen LogP contribution in [0.5, 0.6) is 0 Å². The number of likely N-dealkylation sites (tertiary alicyclic amines) is 1. The van der Waals surface area contributed by atoms with Gasteiger partial charge < -0.3 is 9.47 Å². The number of nitro benzene ring substituents is 1. The maximum atomic E-state index is 12.9. The lowest BCUT2D eigenvalue weighted by molar-refractivity contribution is -0.384. The van der Waals surface area contributed by atoms with Crippen molar-refractivity contribution in [1.29, 1.82) is 0 Å². The van der Waals surface area contributed by atoms with Crippen LogP contribution in [0.1, 0.15) is 35.7 Å². The van der Waals surface area contributed by atoms with Crippen LogP contribution in [0, 0.1) is 10.1 Å². The number of non-ortho nitro benzene ring substituents is 1. The highest BCUT2D eigenvalue weighted by Gasteiger charge is 2.22. The second-order valence-electron chi connectivity index (χ2n) is 7.30. The molecule has 31 heavy (non-hydrogen) atoms. The summed E-state index contributed by atoms with van der Waals surface area (Å²) in [6.45, 7) is 4.31. The maximum absolute atomic E-state index is 12.9. The number of hydrogen-bond acceptors (Lipinski definition) is 6. The maximum Gasteiger partial charge on any atom is 0.269 e. The summed E-state index contributed by atoms with van der Waals surface area (Å²) >= 11 is 1.53. The van der Waals surface area contributed by atoms with Gasteiger partial charge in [-0.2, -0.15) is 0 Å². The highest BCUT2D eigenvalue weighted by atomic mass is 32.2. The number of carbonyl (C=O) groups excluding carboxylic acids is 1. The molecule has 4 rings (SSSR count). The summed E-state index contributed by atoms with van der Waals surface area (Å²) in [4.78, 5) is 25.3. The van der Waals surface area contributed by atoms with Crippen molar-refractivity contribution in [2.45, 2.75) is 37.2 Å². The van der Waals surface area contributed by atoms with Crippen LogP contribution in [-0.4, -0.2) is 43.6 Å². The van der Waals surface area contributed by atoms with E-state index in [1.165, 1.54) is 23.9 Å². The molecule has 1 aliphatic rings. The number of aromatic nitrogens is 3. The van der Waals surface area contributed by atoms with E-state index in [0.717, 1.165) is 47.8 Å². The molecule has 0 atom stereocenters. The molecule has 0 saturated carbocycles. The third kappa shape index (κ3) is 4.46. The Morgan fingerprint density at radius 1 is 1.10 bits per heavy atom. The molecule has 1 amide bonds. The van der Waals surface area contributed by atoms with Crippen LogP contribution in [0.4, 0.5) is 5.69 Å². The highest BCUT2D eigenvalue weighted by Crippen LogP contribution is 2.29. The van der Waals surface area contributed by atoms with Crippen LogP contribution in [0.25, 0.3) is 11.4 Å². The normalized spacial score (nSPS) is 13.5. The Bertz CT molecular complexity index is 1090. The van der Waals surface area contributed by atoms with Crippen LogP contribution >= 0.6 is 11.8 Å². The van der Waals surface area contributed by atoms with Crippen molar-refractivity contribution in [3.63, 3.8) is 0 Å². The molecular formula is C22H23N5O3S. The molecule has 2 heterocycles. The van der Waals surface area contributed by atoms with Crippen molar-refractivity contribution >= 4 is 23.4 Å². The van der Waals surface area contributed by atoms with E-state index in [1.807, 2.05) is 40.7 Å². The molecule has 3 aromatic rings. The van der Waals surface area contributed by atoms with Gasteiger partial charge in [0, 0.05) is 48.6 Å². The molecule has 2 aromatic carbocycles. The molecule has 9 heteroatoms. The largest absolute Gasteiger partial charge is 0.339 e. The van der Waals surface area contributed by atoms with E-state index in [4.69, 9.17) is 0 Å². The topological polar surface area (TPSA) is 94.2 Å². The van der Waals surface area contributed by atoms with Crippen LogP contribution in [0.3, 0.4) is 0 Å². The lowest BCUT2D eigenvalue weighted by atomic mass is 10.1. The molecule has 1 aromatic heterocycles. The third-order valence-corrected chi connectivity index (χ3v) is 6.38. The number of rotatable bonds is 7. The van der Waals surface area contributed by atoms with Crippen molar-refractivity contribution in [1.82, 2.24) is 19.7 Å². The molecule has 1 saturated heterocycles. The van der Waals surface area contributed by atoms with Gasteiger partial charge in [0.1, 0.15) is 0 Å². The highest BCUT2D eigenvalue weighted by molar-refractivity contribution is 7.98. The molecular weight excluding hydrogens is 414 g/mol. The fourth-order valence-electron chi connectivity index (χ4n) is 3.71. The molecule has 0 aliphatic carbocycles. The number of thioether (sulfide) groups is 1. The number of benzene rings is 2. The predicted octanol–water partition coefficient (Wildman–Crippen LogP) is 4.40. The van der Waals surface area contributed by atoms with Gasteiger partial charge in [0.25, 0.3) is 11.6 Å². The first kappa shape index (κ1) is 21.0. The minimum absolute atomic E-state index is 0.0418. The van der Waals surface area contributed by atoms with E-state index < -0.39 is 4.92 Å². The molecule has 0 N–H and O–H groups in total. The van der Waals surface area contributed by atoms with E-state index >= 15 is 0 Å². The van der Waals surface area contributed by atoms with Crippen LogP contribution in [-0.2, 0) is 12.3 Å². The Morgan fingerprint density at radius 3 is 2.48 bits per heavy atom. The first-order valence-corrected chi connectivity index (χ1v) is 11.2. The molecule has 1 aliphatic heterocycles. The SMILES string of the molecule is CCn1c(SCc2ccccc2C(=O)N2CCCC2)nnc1-c1ccc([N+](=O)[O-])cc1. The third-order valence-electron chi connectivity index (χ3n) is 5.37. The van der Waals surface area contributed by atoms with Crippen molar-refractivity contribution in [3.8, 4) is 11.4 Å². The lowest BCUT2D eigenvalue weighted by Crippen LogP contribution is -2.28. The van der Waals surface area contributed by atoms with Gasteiger partial charge in [-0.15, -0.1) is 10.2 Å². The van der Waals surface area contributed by atoms with Gasteiger partial charge in [-0.1, -0.05) is 30.0 Å². The minimum Gasteiger partial charge on any atom is -0.339 e. The Kier molecular flexibility index (Phi) is 6.31. The Morgan fingerprint density at radius 2 is 1.81 bits per heavy atom. The van der Waals surface area contributed by atoms with Gasteiger partial charge in [-0.3, -0.25) is 14.9 Å². The van der Waals surface area contributed by atoms with Crippen molar-refractivity contribution in [2.75, 3.05) is 13.1 Å². The molecule has 8 nitrogen and oxygen atoms in total. The number of carbonyl (C=O) groups is 1. The van der Waals surface area contributed by atoms with Crippen LogP contribution in [0.2, 0.25) is 0 Å². The van der Waals surface area contributed by atoms with E-state index in [2.05, 4.69) is 10.2 Å². The lowest BCUT2D eigenvalue weighted by Gasteiger charge is -2.17. The Labute approximate surface area is 184 Å². The van der Waals surface area contributed by atoms with Gasteiger partial charge in [-0.25, -0.2) is 0 Å². The molecule has 1 fully saturated rings. The standard InChI is InChI=1S/C22H23N5O3S/c1-2-26-20(16-9-11-18(12-10-16)27(29)30)23-24-22(26)31-15-17-7-3-4-8-19(17)21(28)25-13-5-6-14-25/h3-4,7-12H,2,5-6,13-15H2,1H3. The Balaban J connectivity index is 1.53. The van der Waals surface area contributed by atoms with E-state index in [-0.39, 0.29) is 11.6 Å². The Hall–Kier alpha value is -3.20. The smallest absolute Gasteiger partial charge is 0.269 e. The first-order valence-electron chi connectivity index (χ1n) is 10.3. The summed E-state index contributed by atoms with van der Waals surface area (Å²) in [5.74, 6) is 1.37. The minimum atomic E-state index is -0.420. The average molecular weight is 438 g/mol.